The van der Waals surface area contributed by atoms with Crippen LogP contribution in [0.3, 0.4) is 0 Å². The number of ketones is 2. The van der Waals surface area contributed by atoms with E-state index in [1.54, 1.807) is 4.90 Å². The van der Waals surface area contributed by atoms with Gasteiger partial charge in [0.2, 0.25) is 0 Å². The molecule has 0 unspecified atom stereocenters. The van der Waals surface area contributed by atoms with E-state index in [9.17, 15) is 19.5 Å². The number of halogens is 1. The lowest BCUT2D eigenvalue weighted by molar-refractivity contribution is -0.138. The molecular weight excluding hydrogens is 522 g/mol. The first-order chi connectivity index (χ1) is 17.3. The molecule has 186 valence electrons. The van der Waals surface area contributed by atoms with Crippen LogP contribution >= 0.6 is 15.9 Å². The van der Waals surface area contributed by atoms with Crippen molar-refractivity contribution in [2.45, 2.75) is 58.0 Å². The Morgan fingerprint density at radius 1 is 0.972 bits per heavy atom. The predicted octanol–water partition coefficient (Wildman–Crippen LogP) is 5.83. The van der Waals surface area contributed by atoms with E-state index >= 15 is 0 Å². The fourth-order valence-corrected chi connectivity index (χ4v) is 5.95. The molecule has 0 amide bonds. The normalized spacial score (nSPS) is 18.3. The van der Waals surface area contributed by atoms with Crippen LogP contribution in [0, 0.1) is 6.92 Å². The van der Waals surface area contributed by atoms with Crippen molar-refractivity contribution in [1.29, 1.82) is 0 Å². The summed E-state index contributed by atoms with van der Waals surface area (Å²) in [6.45, 7) is 2.14. The van der Waals surface area contributed by atoms with Gasteiger partial charge in [0, 0.05) is 51.3 Å². The lowest BCUT2D eigenvalue weighted by Gasteiger charge is -2.43. The maximum absolute atomic E-state index is 13.4. The fourth-order valence-electron chi connectivity index (χ4n) is 5.58. The maximum Gasteiger partial charge on any atom is 0.323 e. The van der Waals surface area contributed by atoms with E-state index in [0.717, 1.165) is 27.0 Å². The van der Waals surface area contributed by atoms with Gasteiger partial charge in [0.1, 0.15) is 18.9 Å². The van der Waals surface area contributed by atoms with E-state index in [1.807, 2.05) is 49.4 Å². The molecule has 0 atom stereocenters. The van der Waals surface area contributed by atoms with Crippen molar-refractivity contribution in [2.24, 2.45) is 0 Å². The quantitative estimate of drug-likeness (QED) is 0.487. The number of carbonyl (C=O) groups is 3. The standard InChI is InChI=1S/C29H28BrNO5/c1-17-8-10-18(11-9-17)16-36-25-13-12-19(30)14-20(25)27-28-21(4-2-6-23(28)32)31(15-26(34)35)22-5-3-7-24(33)29(22)27/h8-14,27H,2-7,15-16H2,1H3,(H,34,35). The molecule has 0 saturated heterocycles. The Labute approximate surface area is 218 Å². The summed E-state index contributed by atoms with van der Waals surface area (Å²) in [7, 11) is 0. The minimum Gasteiger partial charge on any atom is -0.489 e. The first-order valence-electron chi connectivity index (χ1n) is 12.3. The first kappa shape index (κ1) is 24.5. The van der Waals surface area contributed by atoms with Gasteiger partial charge in [-0.25, -0.2) is 0 Å². The summed E-state index contributed by atoms with van der Waals surface area (Å²) in [6, 6.07) is 13.8. The van der Waals surface area contributed by atoms with Crippen molar-refractivity contribution in [3.05, 3.63) is 86.2 Å². The van der Waals surface area contributed by atoms with Gasteiger partial charge in [0.15, 0.2) is 11.6 Å². The number of aryl methyl sites for hydroxylation is 1. The van der Waals surface area contributed by atoms with Crippen molar-refractivity contribution in [2.75, 3.05) is 6.54 Å². The smallest absolute Gasteiger partial charge is 0.323 e. The molecule has 3 aliphatic rings. The number of carboxylic acids is 1. The zero-order valence-electron chi connectivity index (χ0n) is 20.2. The number of benzene rings is 2. The summed E-state index contributed by atoms with van der Waals surface area (Å²) >= 11 is 3.57. The second kappa shape index (κ2) is 10.1. The monoisotopic (exact) mass is 549 g/mol. The molecular formula is C29H28BrNO5. The van der Waals surface area contributed by atoms with Crippen molar-refractivity contribution < 1.29 is 24.2 Å². The minimum absolute atomic E-state index is 0.0222. The molecule has 5 rings (SSSR count). The van der Waals surface area contributed by atoms with E-state index in [4.69, 9.17) is 4.74 Å². The van der Waals surface area contributed by atoms with E-state index in [0.29, 0.717) is 62.0 Å². The fraction of sp³-hybridized carbons (Fsp3) is 0.345. The highest BCUT2D eigenvalue weighted by molar-refractivity contribution is 9.10. The SMILES string of the molecule is Cc1ccc(COc2ccc(Br)cc2C2C3=C(CCCC3=O)N(CC(=O)O)C3=C2C(=O)CCC3)cc1. The molecule has 1 aliphatic heterocycles. The van der Waals surface area contributed by atoms with Crippen LogP contribution in [-0.4, -0.2) is 34.1 Å². The van der Waals surface area contributed by atoms with E-state index in [1.165, 1.54) is 5.56 Å². The predicted molar refractivity (Wildman–Crippen MR) is 139 cm³/mol. The summed E-state index contributed by atoms with van der Waals surface area (Å²) in [6.07, 6.45) is 3.35. The van der Waals surface area contributed by atoms with Gasteiger partial charge in [0.05, 0.1) is 0 Å². The van der Waals surface area contributed by atoms with Crippen molar-refractivity contribution >= 4 is 33.5 Å². The molecule has 0 spiro atoms. The van der Waals surface area contributed by atoms with Gasteiger partial charge in [-0.2, -0.15) is 0 Å². The Hall–Kier alpha value is -3.19. The summed E-state index contributed by atoms with van der Waals surface area (Å²) in [4.78, 5) is 40.4. The molecule has 6 nitrogen and oxygen atoms in total. The van der Waals surface area contributed by atoms with E-state index in [2.05, 4.69) is 15.9 Å². The first-order valence-corrected chi connectivity index (χ1v) is 13.1. The Balaban J connectivity index is 1.65. The van der Waals surface area contributed by atoms with Gasteiger partial charge in [-0.15, -0.1) is 0 Å². The van der Waals surface area contributed by atoms with E-state index in [-0.39, 0.29) is 18.1 Å². The highest BCUT2D eigenvalue weighted by atomic mass is 79.9. The molecule has 2 aromatic rings. The van der Waals surface area contributed by atoms with E-state index < -0.39 is 11.9 Å². The molecule has 2 aromatic carbocycles. The molecule has 0 fully saturated rings. The zero-order valence-corrected chi connectivity index (χ0v) is 21.8. The number of carboxylic acid groups (broad SMARTS) is 1. The number of Topliss-reactive ketones (excluding diaryl/α,β-unsaturated/α-hetero) is 2. The Bertz CT molecular complexity index is 1260. The summed E-state index contributed by atoms with van der Waals surface area (Å²) in [5.74, 6) is -0.970. The third kappa shape index (κ3) is 4.64. The Morgan fingerprint density at radius 2 is 1.58 bits per heavy atom. The second-order valence-corrected chi connectivity index (χ2v) is 10.6. The minimum atomic E-state index is -0.979. The van der Waals surface area contributed by atoms with Gasteiger partial charge < -0.3 is 14.7 Å². The van der Waals surface area contributed by atoms with Crippen LogP contribution in [0.25, 0.3) is 0 Å². The lowest BCUT2D eigenvalue weighted by Crippen LogP contribution is -2.41. The molecule has 0 bridgehead atoms. The largest absolute Gasteiger partial charge is 0.489 e. The third-order valence-electron chi connectivity index (χ3n) is 7.18. The second-order valence-electron chi connectivity index (χ2n) is 9.64. The van der Waals surface area contributed by atoms with Gasteiger partial charge in [0.25, 0.3) is 0 Å². The summed E-state index contributed by atoms with van der Waals surface area (Å²) in [5, 5.41) is 9.65. The average Bonchev–Trinajstić information content (AvgIpc) is 2.85. The molecule has 0 aromatic heterocycles. The van der Waals surface area contributed by atoms with Gasteiger partial charge in [-0.05, 0) is 56.4 Å². The molecule has 7 heteroatoms. The maximum atomic E-state index is 13.4. The highest BCUT2D eigenvalue weighted by Crippen LogP contribution is 2.51. The van der Waals surface area contributed by atoms with Crippen LogP contribution in [0.2, 0.25) is 0 Å². The van der Waals surface area contributed by atoms with Gasteiger partial charge in [-0.1, -0.05) is 45.8 Å². The summed E-state index contributed by atoms with van der Waals surface area (Å²) in [5.41, 5.74) is 5.55. The molecule has 2 aliphatic carbocycles. The number of carbonyl (C=O) groups excluding carboxylic acids is 2. The zero-order chi connectivity index (χ0) is 25.4. The molecule has 1 heterocycles. The molecule has 1 N–H and O–H groups in total. The Kier molecular flexibility index (Phi) is 6.84. The van der Waals surface area contributed by atoms with Crippen LogP contribution in [-0.2, 0) is 21.0 Å². The van der Waals surface area contributed by atoms with Crippen LogP contribution < -0.4 is 4.74 Å². The topological polar surface area (TPSA) is 83.9 Å². The lowest BCUT2D eigenvalue weighted by atomic mass is 9.70. The number of hydrogen-bond donors (Lipinski definition) is 1. The van der Waals surface area contributed by atoms with Gasteiger partial charge >= 0.3 is 5.97 Å². The number of rotatable bonds is 6. The number of nitrogens with zero attached hydrogens (tertiary/aromatic N) is 1. The summed E-state index contributed by atoms with van der Waals surface area (Å²) < 4.78 is 7.12. The molecule has 36 heavy (non-hydrogen) atoms. The number of ether oxygens (including phenoxy) is 1. The highest BCUT2D eigenvalue weighted by Gasteiger charge is 2.44. The van der Waals surface area contributed by atoms with Crippen LogP contribution in [0.4, 0.5) is 0 Å². The molecule has 0 radical (unpaired) electrons. The number of hydrogen-bond acceptors (Lipinski definition) is 5. The number of aliphatic carboxylic acids is 1. The van der Waals surface area contributed by atoms with Crippen molar-refractivity contribution in [1.82, 2.24) is 4.90 Å². The van der Waals surface area contributed by atoms with Crippen LogP contribution in [0.15, 0.2) is 69.5 Å². The third-order valence-corrected chi connectivity index (χ3v) is 7.67. The van der Waals surface area contributed by atoms with Crippen LogP contribution in [0.1, 0.15) is 61.1 Å². The number of allylic oxidation sites excluding steroid dienone is 4. The molecule has 0 saturated carbocycles. The van der Waals surface area contributed by atoms with Crippen LogP contribution in [0.5, 0.6) is 5.75 Å². The van der Waals surface area contributed by atoms with Crippen molar-refractivity contribution in [3.8, 4) is 5.75 Å². The Morgan fingerprint density at radius 3 is 2.17 bits per heavy atom. The van der Waals surface area contributed by atoms with Crippen molar-refractivity contribution in [3.63, 3.8) is 0 Å². The average molecular weight is 550 g/mol. The van der Waals surface area contributed by atoms with Gasteiger partial charge in [-0.3, -0.25) is 14.4 Å².